The summed E-state index contributed by atoms with van der Waals surface area (Å²) in [6.07, 6.45) is 8.76. The number of aromatic nitrogens is 2. The van der Waals surface area contributed by atoms with E-state index in [4.69, 9.17) is 4.74 Å². The molecule has 2 aliphatic heterocycles. The molecule has 2 aromatic rings. The molecule has 0 radical (unpaired) electrons. The number of ether oxygens (including phenoxy) is 1. The number of amides is 1. The molecule has 0 aliphatic carbocycles. The molecule has 140 valence electrons. The second-order valence-corrected chi connectivity index (χ2v) is 7.35. The van der Waals surface area contributed by atoms with Crippen molar-refractivity contribution in [3.05, 3.63) is 36.3 Å². The fourth-order valence-electron chi connectivity index (χ4n) is 4.09. The van der Waals surface area contributed by atoms with Gasteiger partial charge in [0.15, 0.2) is 0 Å². The maximum atomic E-state index is 12.9. The van der Waals surface area contributed by atoms with Gasteiger partial charge in [0, 0.05) is 51.0 Å². The lowest BCUT2D eigenvalue weighted by Gasteiger charge is -2.39. The first-order valence-electron chi connectivity index (χ1n) is 9.82. The van der Waals surface area contributed by atoms with Crippen LogP contribution in [0.15, 0.2) is 30.6 Å². The molecule has 26 heavy (non-hydrogen) atoms. The monoisotopic (exact) mass is 356 g/mol. The summed E-state index contributed by atoms with van der Waals surface area (Å²) in [6, 6.07) is 6.33. The van der Waals surface area contributed by atoms with Crippen molar-refractivity contribution in [2.24, 2.45) is 0 Å². The highest BCUT2D eigenvalue weighted by molar-refractivity contribution is 5.77. The number of hydrogen-bond acceptors (Lipinski definition) is 4. The number of fused-ring (bicyclic) bond motifs is 1. The number of carbonyl (C=O) groups is 1. The first-order chi connectivity index (χ1) is 12.8. The minimum atomic E-state index is 0.278. The van der Waals surface area contributed by atoms with E-state index in [1.165, 1.54) is 6.42 Å². The molecular weight excluding hydrogens is 328 g/mol. The largest absolute Gasteiger partial charge is 0.379 e. The number of carbonyl (C=O) groups excluding carboxylic acids is 1. The minimum absolute atomic E-state index is 0.278. The lowest BCUT2D eigenvalue weighted by atomic mass is 10.0. The smallest absolute Gasteiger partial charge is 0.223 e. The maximum Gasteiger partial charge on any atom is 0.223 e. The summed E-state index contributed by atoms with van der Waals surface area (Å²) in [6.45, 7) is 5.49. The van der Waals surface area contributed by atoms with Crippen molar-refractivity contribution < 1.29 is 9.53 Å². The Hall–Kier alpha value is -1.92. The van der Waals surface area contributed by atoms with E-state index in [0.29, 0.717) is 18.9 Å². The minimum Gasteiger partial charge on any atom is -0.379 e. The van der Waals surface area contributed by atoms with Crippen LogP contribution >= 0.6 is 0 Å². The van der Waals surface area contributed by atoms with Gasteiger partial charge in [-0.1, -0.05) is 6.07 Å². The zero-order valence-corrected chi connectivity index (χ0v) is 15.3. The molecule has 6 heteroatoms. The Labute approximate surface area is 154 Å². The number of rotatable bonds is 5. The second kappa shape index (κ2) is 8.18. The van der Waals surface area contributed by atoms with Gasteiger partial charge in [0.05, 0.1) is 18.9 Å². The van der Waals surface area contributed by atoms with Gasteiger partial charge in [-0.05, 0) is 37.8 Å². The first kappa shape index (κ1) is 17.5. The molecule has 4 heterocycles. The van der Waals surface area contributed by atoms with Gasteiger partial charge in [-0.2, -0.15) is 0 Å². The molecule has 0 unspecified atom stereocenters. The van der Waals surface area contributed by atoms with Crippen molar-refractivity contribution in [2.75, 3.05) is 39.4 Å². The van der Waals surface area contributed by atoms with E-state index in [0.717, 1.165) is 63.6 Å². The van der Waals surface area contributed by atoms with E-state index in [9.17, 15) is 4.79 Å². The molecule has 6 nitrogen and oxygen atoms in total. The van der Waals surface area contributed by atoms with Crippen LogP contribution in [0.2, 0.25) is 0 Å². The van der Waals surface area contributed by atoms with Crippen molar-refractivity contribution in [1.29, 1.82) is 0 Å². The number of hydrogen-bond donors (Lipinski definition) is 0. The van der Waals surface area contributed by atoms with Crippen LogP contribution in [0.3, 0.4) is 0 Å². The molecule has 1 atom stereocenters. The number of morpholine rings is 1. The number of piperidine rings is 1. The van der Waals surface area contributed by atoms with Crippen LogP contribution < -0.4 is 0 Å². The van der Waals surface area contributed by atoms with Gasteiger partial charge in [-0.15, -0.1) is 0 Å². The normalized spacial score (nSPS) is 22.0. The van der Waals surface area contributed by atoms with E-state index in [-0.39, 0.29) is 5.91 Å². The molecule has 0 bridgehead atoms. The predicted molar refractivity (Wildman–Crippen MR) is 100 cm³/mol. The predicted octanol–water partition coefficient (Wildman–Crippen LogP) is 1.98. The summed E-state index contributed by atoms with van der Waals surface area (Å²) in [7, 11) is 0. The van der Waals surface area contributed by atoms with Gasteiger partial charge in [0.2, 0.25) is 5.91 Å². The topological polar surface area (TPSA) is 50.1 Å². The van der Waals surface area contributed by atoms with Gasteiger partial charge < -0.3 is 14.0 Å². The van der Waals surface area contributed by atoms with E-state index in [1.807, 2.05) is 35.0 Å². The second-order valence-electron chi connectivity index (χ2n) is 7.35. The van der Waals surface area contributed by atoms with Crippen molar-refractivity contribution in [3.63, 3.8) is 0 Å². The summed E-state index contributed by atoms with van der Waals surface area (Å²) >= 11 is 0. The van der Waals surface area contributed by atoms with Crippen LogP contribution in [0.25, 0.3) is 5.65 Å². The van der Waals surface area contributed by atoms with Crippen LogP contribution in [0.5, 0.6) is 0 Å². The fourth-order valence-corrected chi connectivity index (χ4v) is 4.09. The summed E-state index contributed by atoms with van der Waals surface area (Å²) < 4.78 is 7.46. The Balaban J connectivity index is 1.35. The third kappa shape index (κ3) is 4.07. The van der Waals surface area contributed by atoms with Gasteiger partial charge in [-0.25, -0.2) is 4.98 Å². The average molecular weight is 356 g/mol. The Bertz CT molecular complexity index is 705. The van der Waals surface area contributed by atoms with Gasteiger partial charge >= 0.3 is 0 Å². The highest BCUT2D eigenvalue weighted by atomic mass is 16.5. The Morgan fingerprint density at radius 2 is 2.08 bits per heavy atom. The summed E-state index contributed by atoms with van der Waals surface area (Å²) in [5.41, 5.74) is 1.93. The van der Waals surface area contributed by atoms with E-state index >= 15 is 0 Å². The molecule has 0 saturated carbocycles. The zero-order chi connectivity index (χ0) is 17.8. The number of pyridine rings is 1. The summed E-state index contributed by atoms with van der Waals surface area (Å²) in [5, 5.41) is 0. The van der Waals surface area contributed by atoms with Crippen molar-refractivity contribution >= 4 is 11.6 Å². The maximum absolute atomic E-state index is 12.9. The molecule has 2 fully saturated rings. The SMILES string of the molecule is O=C(CCc1cn2ccccc2n1)N1CCCC[C@H]1CN1CCOCC1. The molecule has 0 aromatic carbocycles. The average Bonchev–Trinajstić information content (AvgIpc) is 3.10. The Morgan fingerprint density at radius 3 is 2.92 bits per heavy atom. The van der Waals surface area contributed by atoms with Crippen molar-refractivity contribution in [3.8, 4) is 0 Å². The first-order valence-corrected chi connectivity index (χ1v) is 9.82. The van der Waals surface area contributed by atoms with Crippen molar-refractivity contribution in [1.82, 2.24) is 19.2 Å². The lowest BCUT2D eigenvalue weighted by molar-refractivity contribution is -0.135. The number of aryl methyl sites for hydroxylation is 1. The molecule has 4 rings (SSSR count). The highest BCUT2D eigenvalue weighted by Crippen LogP contribution is 2.20. The van der Waals surface area contributed by atoms with E-state index in [1.54, 1.807) is 0 Å². The van der Waals surface area contributed by atoms with Crippen LogP contribution in [-0.2, 0) is 16.0 Å². The van der Waals surface area contributed by atoms with Crippen LogP contribution in [0, 0.1) is 0 Å². The zero-order valence-electron chi connectivity index (χ0n) is 15.3. The Morgan fingerprint density at radius 1 is 1.19 bits per heavy atom. The van der Waals surface area contributed by atoms with E-state index in [2.05, 4.69) is 14.8 Å². The fraction of sp³-hybridized carbons (Fsp3) is 0.600. The summed E-state index contributed by atoms with van der Waals surface area (Å²) in [4.78, 5) is 22.1. The lowest BCUT2D eigenvalue weighted by Crippen LogP contribution is -2.51. The van der Waals surface area contributed by atoms with Crippen LogP contribution in [-0.4, -0.2) is 70.5 Å². The number of likely N-dealkylation sites (tertiary alicyclic amines) is 1. The molecule has 2 aliphatic rings. The standard InChI is InChI=1S/C20H28N4O2/c25-20(8-7-17-15-23-9-3-2-6-19(23)21-17)24-10-4-1-5-18(24)16-22-11-13-26-14-12-22/h2-3,6,9,15,18H,1,4-5,7-8,10-14,16H2/t18-/m0/s1. The Kier molecular flexibility index (Phi) is 5.51. The highest BCUT2D eigenvalue weighted by Gasteiger charge is 2.28. The molecule has 0 N–H and O–H groups in total. The molecule has 2 aromatic heterocycles. The quantitative estimate of drug-likeness (QED) is 0.822. The molecular formula is C20H28N4O2. The van der Waals surface area contributed by atoms with Gasteiger partial charge in [-0.3, -0.25) is 9.69 Å². The molecule has 2 saturated heterocycles. The number of imidazole rings is 1. The third-order valence-electron chi connectivity index (χ3n) is 5.53. The molecule has 1 amide bonds. The summed E-state index contributed by atoms with van der Waals surface area (Å²) in [5.74, 6) is 0.278. The van der Waals surface area contributed by atoms with Crippen LogP contribution in [0.1, 0.15) is 31.4 Å². The number of nitrogens with zero attached hydrogens (tertiary/aromatic N) is 4. The third-order valence-corrected chi connectivity index (χ3v) is 5.53. The van der Waals surface area contributed by atoms with Gasteiger partial charge in [0.1, 0.15) is 5.65 Å². The van der Waals surface area contributed by atoms with Crippen molar-refractivity contribution in [2.45, 2.75) is 38.1 Å². The molecule has 0 spiro atoms. The van der Waals surface area contributed by atoms with Crippen LogP contribution in [0.4, 0.5) is 0 Å². The van der Waals surface area contributed by atoms with Gasteiger partial charge in [0.25, 0.3) is 0 Å². The van der Waals surface area contributed by atoms with E-state index < -0.39 is 0 Å².